The van der Waals surface area contributed by atoms with Crippen LogP contribution in [0.5, 0.6) is 5.75 Å². The van der Waals surface area contributed by atoms with E-state index in [0.717, 1.165) is 5.69 Å². The number of hydrogen-bond donors (Lipinski definition) is 2. The number of nitrogens with one attached hydrogen (secondary N) is 1. The van der Waals surface area contributed by atoms with Crippen molar-refractivity contribution in [3.63, 3.8) is 0 Å². The van der Waals surface area contributed by atoms with Crippen LogP contribution >= 0.6 is 23.8 Å². The van der Waals surface area contributed by atoms with Gasteiger partial charge in [-0.05, 0) is 54.7 Å². The highest BCUT2D eigenvalue weighted by molar-refractivity contribution is 7.80. The largest absolute Gasteiger partial charge is 0.506 e. The van der Waals surface area contributed by atoms with Gasteiger partial charge in [0.2, 0.25) is 0 Å². The summed E-state index contributed by atoms with van der Waals surface area (Å²) < 4.78 is 6.20. The smallest absolute Gasteiger partial charge is 0.270 e. The fourth-order valence-electron chi connectivity index (χ4n) is 4.03. The number of furan rings is 1. The van der Waals surface area contributed by atoms with Crippen LogP contribution in [0.3, 0.4) is 0 Å². The molecule has 1 aliphatic rings. The Labute approximate surface area is 204 Å². The number of phenolic OH excluding ortho intramolecular Hbond substituents is 1. The second-order valence-corrected chi connectivity index (χ2v) is 8.46. The highest BCUT2D eigenvalue weighted by Crippen LogP contribution is 2.45. The minimum absolute atomic E-state index is 0.00526. The first-order valence-electron chi connectivity index (χ1n) is 10.3. The van der Waals surface area contributed by atoms with Gasteiger partial charge in [0.25, 0.3) is 5.69 Å². The van der Waals surface area contributed by atoms with Crippen LogP contribution in [0.2, 0.25) is 5.02 Å². The maximum atomic E-state index is 11.2. The van der Waals surface area contributed by atoms with E-state index in [1.807, 2.05) is 18.2 Å². The van der Waals surface area contributed by atoms with Gasteiger partial charge in [0.1, 0.15) is 23.3 Å². The monoisotopic (exact) mass is 492 g/mol. The molecule has 2 aromatic heterocycles. The molecule has 0 bridgehead atoms. The lowest BCUT2D eigenvalue weighted by Crippen LogP contribution is -2.29. The van der Waals surface area contributed by atoms with E-state index in [-0.39, 0.29) is 11.4 Å². The highest BCUT2D eigenvalue weighted by atomic mass is 35.5. The number of pyridine rings is 1. The van der Waals surface area contributed by atoms with Crippen molar-refractivity contribution >= 4 is 40.3 Å². The summed E-state index contributed by atoms with van der Waals surface area (Å²) in [5, 5.41) is 25.9. The Morgan fingerprint density at radius 2 is 1.97 bits per heavy atom. The van der Waals surface area contributed by atoms with E-state index in [4.69, 9.17) is 28.2 Å². The van der Waals surface area contributed by atoms with Gasteiger partial charge in [-0.3, -0.25) is 15.1 Å². The number of aromatic hydroxyl groups is 1. The molecule has 34 heavy (non-hydrogen) atoms. The maximum absolute atomic E-state index is 11.2. The summed E-state index contributed by atoms with van der Waals surface area (Å²) >= 11 is 11.9. The topological polar surface area (TPSA) is 105 Å². The Morgan fingerprint density at radius 3 is 2.74 bits per heavy atom. The fourth-order valence-corrected chi connectivity index (χ4v) is 4.54. The van der Waals surface area contributed by atoms with Crippen LogP contribution in [0.1, 0.15) is 23.5 Å². The third-order valence-electron chi connectivity index (χ3n) is 5.55. The molecule has 0 unspecified atom stereocenters. The van der Waals surface area contributed by atoms with E-state index in [1.54, 1.807) is 47.5 Å². The lowest BCUT2D eigenvalue weighted by Gasteiger charge is -2.26. The molecule has 0 radical (unpaired) electrons. The number of rotatable bonds is 5. The van der Waals surface area contributed by atoms with Crippen molar-refractivity contribution in [1.29, 1.82) is 0 Å². The number of nitro benzene ring substituents is 1. The van der Waals surface area contributed by atoms with Gasteiger partial charge in [-0.2, -0.15) is 0 Å². The average molecular weight is 493 g/mol. The molecule has 1 aliphatic heterocycles. The van der Waals surface area contributed by atoms with E-state index in [9.17, 15) is 15.2 Å². The zero-order valence-corrected chi connectivity index (χ0v) is 19.0. The predicted octanol–water partition coefficient (Wildman–Crippen LogP) is 5.79. The van der Waals surface area contributed by atoms with Gasteiger partial charge < -0.3 is 19.7 Å². The van der Waals surface area contributed by atoms with Crippen molar-refractivity contribution in [2.24, 2.45) is 0 Å². The summed E-state index contributed by atoms with van der Waals surface area (Å²) in [6, 6.07) is 19.1. The van der Waals surface area contributed by atoms with Crippen molar-refractivity contribution in [2.45, 2.75) is 12.1 Å². The molecule has 8 nitrogen and oxygen atoms in total. The zero-order chi connectivity index (χ0) is 23.8. The number of anilines is 1. The lowest BCUT2D eigenvalue weighted by molar-refractivity contribution is -0.384. The number of halogens is 1. The molecule has 170 valence electrons. The van der Waals surface area contributed by atoms with E-state index < -0.39 is 17.0 Å². The summed E-state index contributed by atoms with van der Waals surface area (Å²) in [5.41, 5.74) is 1.69. The van der Waals surface area contributed by atoms with Crippen LogP contribution in [0.15, 0.2) is 83.4 Å². The van der Waals surface area contributed by atoms with Crippen LogP contribution in [0.25, 0.3) is 11.3 Å². The molecule has 5 rings (SSSR count). The molecular formula is C24H17ClN4O4S. The van der Waals surface area contributed by atoms with Crippen molar-refractivity contribution in [2.75, 3.05) is 4.90 Å². The van der Waals surface area contributed by atoms with Crippen LogP contribution < -0.4 is 10.2 Å². The molecular weight excluding hydrogens is 476 g/mol. The minimum atomic E-state index is -0.515. The SMILES string of the molecule is O=[N+]([O-])c1cccc(-c2ccc([C@H]3[C@@H](c4ccccn4)NC(=S)N3c3cc(Cl)ccc3O)o2)c1. The molecule has 0 amide bonds. The van der Waals surface area contributed by atoms with Crippen molar-refractivity contribution in [1.82, 2.24) is 10.3 Å². The molecule has 1 fully saturated rings. The van der Waals surface area contributed by atoms with E-state index in [1.165, 1.54) is 18.2 Å². The number of aromatic nitrogens is 1. The molecule has 2 atom stereocenters. The third kappa shape index (κ3) is 3.95. The number of thiocarbonyl (C=S) groups is 1. The molecule has 3 heterocycles. The zero-order valence-electron chi connectivity index (χ0n) is 17.5. The first-order valence-corrected chi connectivity index (χ1v) is 11.0. The van der Waals surface area contributed by atoms with Crippen molar-refractivity contribution in [3.8, 4) is 17.1 Å². The quantitative estimate of drug-likeness (QED) is 0.205. The van der Waals surface area contributed by atoms with Gasteiger partial charge in [0, 0.05) is 28.9 Å². The van der Waals surface area contributed by atoms with Gasteiger partial charge in [0.05, 0.1) is 22.3 Å². The Kier molecular flexibility index (Phi) is 5.64. The second-order valence-electron chi connectivity index (χ2n) is 7.64. The van der Waals surface area contributed by atoms with E-state index >= 15 is 0 Å². The Hall–Kier alpha value is -3.95. The first kappa shape index (κ1) is 21.9. The van der Waals surface area contributed by atoms with Crippen LogP contribution in [-0.2, 0) is 0 Å². The highest BCUT2D eigenvalue weighted by Gasteiger charge is 2.43. The van der Waals surface area contributed by atoms with Crippen LogP contribution in [0.4, 0.5) is 11.4 Å². The summed E-state index contributed by atoms with van der Waals surface area (Å²) in [6.45, 7) is 0. The molecule has 0 spiro atoms. The number of nitro groups is 1. The van der Waals surface area contributed by atoms with Gasteiger partial charge in [-0.25, -0.2) is 0 Å². The van der Waals surface area contributed by atoms with Gasteiger partial charge in [-0.1, -0.05) is 29.8 Å². The van der Waals surface area contributed by atoms with Gasteiger partial charge in [0.15, 0.2) is 5.11 Å². The van der Waals surface area contributed by atoms with Crippen molar-refractivity contribution < 1.29 is 14.4 Å². The minimum Gasteiger partial charge on any atom is -0.506 e. The standard InChI is InChI=1S/C24H17ClN4O4S/c25-15-7-8-19(30)18(13-15)28-23(22(27-24(28)34)17-6-1-2-11-26-17)21-10-9-20(33-21)14-4-3-5-16(12-14)29(31)32/h1-13,22-23,30H,(H,27,34)/t22-,23+/m1/s1. The van der Waals surface area contributed by atoms with Crippen molar-refractivity contribution in [3.05, 3.63) is 106 Å². The first-order chi connectivity index (χ1) is 16.4. The Balaban J connectivity index is 1.62. The number of hydrogen-bond acceptors (Lipinski definition) is 6. The number of non-ortho nitro benzene ring substituents is 1. The summed E-state index contributed by atoms with van der Waals surface area (Å²) in [7, 11) is 0. The number of phenols is 1. The molecule has 0 aliphatic carbocycles. The van der Waals surface area contributed by atoms with Gasteiger partial charge >= 0.3 is 0 Å². The molecule has 2 N–H and O–H groups in total. The van der Waals surface area contributed by atoms with E-state index in [0.29, 0.717) is 32.9 Å². The predicted molar refractivity (Wildman–Crippen MR) is 132 cm³/mol. The molecule has 0 saturated carbocycles. The average Bonchev–Trinajstić information content (AvgIpc) is 3.46. The van der Waals surface area contributed by atoms with Gasteiger partial charge in [-0.15, -0.1) is 0 Å². The normalized spacial score (nSPS) is 17.6. The maximum Gasteiger partial charge on any atom is 0.270 e. The summed E-state index contributed by atoms with van der Waals surface area (Å²) in [4.78, 5) is 17.0. The van der Waals surface area contributed by atoms with Crippen LogP contribution in [-0.4, -0.2) is 20.1 Å². The fraction of sp³-hybridized carbons (Fsp3) is 0.0833. The Bertz CT molecular complexity index is 1390. The molecule has 2 aromatic carbocycles. The number of benzene rings is 2. The summed E-state index contributed by atoms with van der Waals surface area (Å²) in [5.74, 6) is 1.00. The lowest BCUT2D eigenvalue weighted by atomic mass is 10.0. The Morgan fingerprint density at radius 1 is 1.12 bits per heavy atom. The molecule has 4 aromatic rings. The molecule has 1 saturated heterocycles. The second kappa shape index (κ2) is 8.77. The third-order valence-corrected chi connectivity index (χ3v) is 6.10. The summed E-state index contributed by atoms with van der Waals surface area (Å²) in [6.07, 6.45) is 1.69. The number of nitrogens with zero attached hydrogens (tertiary/aromatic N) is 3. The van der Waals surface area contributed by atoms with E-state index in [2.05, 4.69) is 10.3 Å². The van der Waals surface area contributed by atoms with Crippen LogP contribution in [0, 0.1) is 10.1 Å². The molecule has 10 heteroatoms.